The van der Waals surface area contributed by atoms with Crippen molar-refractivity contribution < 1.29 is 14.4 Å². The van der Waals surface area contributed by atoms with E-state index in [4.69, 9.17) is 9.57 Å². The molecule has 0 unspecified atom stereocenters. The van der Waals surface area contributed by atoms with Gasteiger partial charge in [0.2, 0.25) is 0 Å². The smallest absolute Gasteiger partial charge is 0.275 e. The average molecular weight is 189 g/mol. The monoisotopic (exact) mass is 189 g/mol. The lowest BCUT2D eigenvalue weighted by atomic mass is 10.1. The highest BCUT2D eigenvalue weighted by atomic mass is 16.7. The summed E-state index contributed by atoms with van der Waals surface area (Å²) in [4.78, 5) is 16.5. The molecule has 1 amide bonds. The maximum atomic E-state index is 11.4. The quantitative estimate of drug-likeness (QED) is 0.680. The fourth-order valence-electron chi connectivity index (χ4n) is 0.415. The minimum absolute atomic E-state index is 0.287. The van der Waals surface area contributed by atoms with Crippen molar-refractivity contribution in [3.63, 3.8) is 0 Å². The first kappa shape index (κ1) is 12.4. The topological polar surface area (TPSA) is 47.6 Å². The van der Waals surface area contributed by atoms with E-state index in [0.29, 0.717) is 0 Å². The van der Waals surface area contributed by atoms with E-state index in [1.54, 1.807) is 13.8 Å². The minimum Gasteiger partial charge on any atom is -0.369 e. The molecule has 0 fully saturated rings. The highest BCUT2D eigenvalue weighted by Gasteiger charge is 2.28. The van der Waals surface area contributed by atoms with Gasteiger partial charge in [-0.3, -0.25) is 9.63 Å². The highest BCUT2D eigenvalue weighted by molar-refractivity contribution is 5.83. The predicted molar refractivity (Wildman–Crippen MR) is 50.1 cm³/mol. The second-order valence-electron chi connectivity index (χ2n) is 4.36. The maximum Gasteiger partial charge on any atom is 0.275 e. The molecule has 0 saturated heterocycles. The molecule has 0 rings (SSSR count). The number of ether oxygens (including phenoxy) is 1. The summed E-state index contributed by atoms with van der Waals surface area (Å²) in [7, 11) is 1.48. The Morgan fingerprint density at radius 3 is 1.92 bits per heavy atom. The van der Waals surface area contributed by atoms with Crippen LogP contribution in [-0.4, -0.2) is 24.2 Å². The van der Waals surface area contributed by atoms with E-state index in [0.717, 1.165) is 0 Å². The van der Waals surface area contributed by atoms with E-state index >= 15 is 0 Å². The molecule has 4 nitrogen and oxygen atoms in total. The van der Waals surface area contributed by atoms with E-state index in [-0.39, 0.29) is 11.5 Å². The summed E-state index contributed by atoms with van der Waals surface area (Å²) in [6.07, 6.45) is 0. The Morgan fingerprint density at radius 1 is 1.15 bits per heavy atom. The van der Waals surface area contributed by atoms with Crippen molar-refractivity contribution in [2.24, 2.45) is 0 Å². The first-order valence-electron chi connectivity index (χ1n) is 4.22. The number of amides is 1. The maximum absolute atomic E-state index is 11.4. The minimum atomic E-state index is -0.856. The van der Waals surface area contributed by atoms with Crippen LogP contribution in [0.15, 0.2) is 0 Å². The number of methoxy groups -OCH3 is 1. The summed E-state index contributed by atoms with van der Waals surface area (Å²) >= 11 is 0. The lowest BCUT2D eigenvalue weighted by Crippen LogP contribution is -2.46. The van der Waals surface area contributed by atoms with Crippen LogP contribution in [-0.2, 0) is 14.4 Å². The number of hydrogen-bond acceptors (Lipinski definition) is 3. The van der Waals surface area contributed by atoms with E-state index < -0.39 is 5.60 Å². The van der Waals surface area contributed by atoms with Gasteiger partial charge >= 0.3 is 0 Å². The highest BCUT2D eigenvalue weighted by Crippen LogP contribution is 2.09. The molecule has 13 heavy (non-hydrogen) atoms. The molecule has 0 aliphatic heterocycles. The first-order chi connectivity index (χ1) is 5.69. The zero-order valence-electron chi connectivity index (χ0n) is 9.22. The number of carbonyl (C=O) groups is 1. The van der Waals surface area contributed by atoms with Gasteiger partial charge in [0.1, 0.15) is 5.60 Å². The lowest BCUT2D eigenvalue weighted by molar-refractivity contribution is -0.163. The molecule has 0 atom stereocenters. The number of rotatable bonds is 3. The fourth-order valence-corrected chi connectivity index (χ4v) is 0.415. The van der Waals surface area contributed by atoms with Crippen LogP contribution >= 0.6 is 0 Å². The second kappa shape index (κ2) is 4.07. The van der Waals surface area contributed by atoms with Gasteiger partial charge in [0.15, 0.2) is 0 Å². The molecular weight excluding hydrogens is 170 g/mol. The van der Waals surface area contributed by atoms with Crippen LogP contribution in [0.1, 0.15) is 34.6 Å². The van der Waals surface area contributed by atoms with Gasteiger partial charge in [0.25, 0.3) is 5.91 Å². The summed E-state index contributed by atoms with van der Waals surface area (Å²) in [5.41, 5.74) is 1.10. The van der Waals surface area contributed by atoms with Crippen LogP contribution in [0.25, 0.3) is 0 Å². The Balaban J connectivity index is 4.03. The molecule has 0 aliphatic carbocycles. The van der Waals surface area contributed by atoms with Crippen LogP contribution in [0.3, 0.4) is 0 Å². The van der Waals surface area contributed by atoms with Gasteiger partial charge in [-0.15, -0.1) is 0 Å². The van der Waals surface area contributed by atoms with Crippen LogP contribution < -0.4 is 5.48 Å². The predicted octanol–water partition coefficient (Wildman–Crippen LogP) is 1.26. The van der Waals surface area contributed by atoms with E-state index in [1.807, 2.05) is 20.8 Å². The molecule has 0 aromatic carbocycles. The van der Waals surface area contributed by atoms with Crippen LogP contribution in [0.4, 0.5) is 0 Å². The molecule has 1 N–H and O–H groups in total. The molecular formula is C9H19NO3. The molecule has 0 bridgehead atoms. The van der Waals surface area contributed by atoms with Crippen molar-refractivity contribution in [3.05, 3.63) is 0 Å². The normalized spacial score (nSPS) is 12.8. The van der Waals surface area contributed by atoms with Gasteiger partial charge in [-0.1, -0.05) is 0 Å². The standard InChI is InChI=1S/C9H19NO3/c1-8(2,3)13-10-7(11)9(4,5)12-6/h1-6H3,(H,10,11). The molecule has 78 valence electrons. The summed E-state index contributed by atoms with van der Waals surface area (Å²) < 4.78 is 4.97. The Kier molecular flexibility index (Phi) is 3.88. The van der Waals surface area contributed by atoms with Crippen LogP contribution in [0.2, 0.25) is 0 Å². The zero-order valence-corrected chi connectivity index (χ0v) is 9.22. The zero-order chi connectivity index (χ0) is 10.7. The van der Waals surface area contributed by atoms with Crippen molar-refractivity contribution in [3.8, 4) is 0 Å². The van der Waals surface area contributed by atoms with Crippen LogP contribution in [0, 0.1) is 0 Å². The van der Waals surface area contributed by atoms with Gasteiger partial charge in [-0.05, 0) is 34.6 Å². The molecule has 0 aliphatic rings. The van der Waals surface area contributed by atoms with Gasteiger partial charge in [0, 0.05) is 7.11 Å². The van der Waals surface area contributed by atoms with Crippen molar-refractivity contribution in [2.75, 3.05) is 7.11 Å². The average Bonchev–Trinajstić information content (AvgIpc) is 1.98. The Bertz CT molecular complexity index is 182. The Labute approximate surface area is 79.6 Å². The number of nitrogens with one attached hydrogen (secondary N) is 1. The summed E-state index contributed by atoms with van der Waals surface area (Å²) in [6, 6.07) is 0. The third-order valence-electron chi connectivity index (χ3n) is 1.51. The summed E-state index contributed by atoms with van der Waals surface area (Å²) in [5, 5.41) is 0. The molecule has 0 spiro atoms. The molecule has 0 aromatic rings. The van der Waals surface area contributed by atoms with E-state index in [9.17, 15) is 4.79 Å². The number of hydrogen-bond donors (Lipinski definition) is 1. The van der Waals surface area contributed by atoms with Crippen LogP contribution in [0.5, 0.6) is 0 Å². The number of hydroxylamine groups is 1. The third kappa shape index (κ3) is 4.85. The Morgan fingerprint density at radius 2 is 1.62 bits per heavy atom. The third-order valence-corrected chi connectivity index (χ3v) is 1.51. The van der Waals surface area contributed by atoms with Crippen molar-refractivity contribution in [1.29, 1.82) is 0 Å². The van der Waals surface area contributed by atoms with Gasteiger partial charge in [-0.25, -0.2) is 5.48 Å². The second-order valence-corrected chi connectivity index (χ2v) is 4.36. The Hall–Kier alpha value is -0.610. The van der Waals surface area contributed by atoms with Crippen molar-refractivity contribution >= 4 is 5.91 Å². The summed E-state index contributed by atoms with van der Waals surface area (Å²) in [6.45, 7) is 8.91. The van der Waals surface area contributed by atoms with Gasteiger partial charge in [0.05, 0.1) is 5.60 Å². The van der Waals surface area contributed by atoms with Gasteiger partial charge in [-0.2, -0.15) is 0 Å². The molecule has 0 saturated carbocycles. The lowest BCUT2D eigenvalue weighted by Gasteiger charge is -2.25. The van der Waals surface area contributed by atoms with E-state index in [2.05, 4.69) is 5.48 Å². The molecule has 0 aromatic heterocycles. The van der Waals surface area contributed by atoms with Gasteiger partial charge < -0.3 is 4.74 Å². The first-order valence-corrected chi connectivity index (χ1v) is 4.22. The SMILES string of the molecule is COC(C)(C)C(=O)NOC(C)(C)C. The van der Waals surface area contributed by atoms with E-state index in [1.165, 1.54) is 7.11 Å². The molecule has 0 radical (unpaired) electrons. The fraction of sp³-hybridized carbons (Fsp3) is 0.889. The molecule has 4 heteroatoms. The van der Waals surface area contributed by atoms with Crippen molar-refractivity contribution in [1.82, 2.24) is 5.48 Å². The summed E-state index contributed by atoms with van der Waals surface area (Å²) in [5.74, 6) is -0.287. The molecule has 0 heterocycles. The van der Waals surface area contributed by atoms with Crippen molar-refractivity contribution in [2.45, 2.75) is 45.8 Å². The largest absolute Gasteiger partial charge is 0.369 e. The number of carbonyl (C=O) groups excluding carboxylic acids is 1.